The Morgan fingerprint density at radius 1 is 0.281 bits per heavy atom. The second kappa shape index (κ2) is 15.2. The van der Waals surface area contributed by atoms with Crippen LogP contribution in [0.1, 0.15) is 11.1 Å². The van der Waals surface area contributed by atoms with E-state index in [0.717, 1.165) is 50.3 Å². The van der Waals surface area contributed by atoms with E-state index in [0.29, 0.717) is 17.5 Å². The summed E-state index contributed by atoms with van der Waals surface area (Å²) in [7, 11) is 0. The highest BCUT2D eigenvalue weighted by Gasteiger charge is 2.19. The first-order chi connectivity index (χ1) is 31.6. The lowest BCUT2D eigenvalue weighted by molar-refractivity contribution is 1.07. The molecule has 302 valence electrons. The topological polar surface area (TPSA) is 48.5 Å². The van der Waals surface area contributed by atoms with Crippen molar-refractivity contribution < 1.29 is 0 Å². The van der Waals surface area contributed by atoms with Crippen LogP contribution in [0.5, 0.6) is 0 Å². The van der Waals surface area contributed by atoms with E-state index in [1.54, 1.807) is 0 Å². The van der Waals surface area contributed by atoms with Crippen LogP contribution in [0.25, 0.3) is 111 Å². The molecule has 0 unspecified atom stereocenters. The van der Waals surface area contributed by atoms with Gasteiger partial charge in [-0.05, 0) is 114 Å². The summed E-state index contributed by atoms with van der Waals surface area (Å²) in [6.07, 6.45) is 0. The summed E-state index contributed by atoms with van der Waals surface area (Å²) in [4.78, 5) is 15.4. The lowest BCUT2D eigenvalue weighted by Gasteiger charge is -2.17. The largest absolute Gasteiger partial charge is 0.309 e. The molecular weight excluding hydrogens is 779 g/mol. The van der Waals surface area contributed by atoms with Gasteiger partial charge in [-0.2, -0.15) is 0 Å². The van der Waals surface area contributed by atoms with Crippen LogP contribution < -0.4 is 0 Å². The first-order valence-electron chi connectivity index (χ1n) is 21.8. The van der Waals surface area contributed by atoms with Gasteiger partial charge in [0.25, 0.3) is 0 Å². The van der Waals surface area contributed by atoms with Gasteiger partial charge in [0.2, 0.25) is 0 Å². The van der Waals surface area contributed by atoms with Crippen LogP contribution in [0.3, 0.4) is 0 Å². The Hall–Kier alpha value is -8.41. The molecule has 12 aromatic rings. The summed E-state index contributed by atoms with van der Waals surface area (Å²) >= 11 is 0. The zero-order valence-corrected chi connectivity index (χ0v) is 35.4. The van der Waals surface area contributed by atoms with Crippen molar-refractivity contribution in [1.82, 2.24) is 24.1 Å². The lowest BCUT2D eigenvalue weighted by Crippen LogP contribution is -2.01. The molecule has 0 fully saturated rings. The summed E-state index contributed by atoms with van der Waals surface area (Å²) in [5.74, 6) is 1.89. The van der Waals surface area contributed by atoms with Gasteiger partial charge in [-0.15, -0.1) is 0 Å². The van der Waals surface area contributed by atoms with E-state index in [1.165, 1.54) is 54.7 Å². The van der Waals surface area contributed by atoms with Gasteiger partial charge in [-0.25, -0.2) is 15.0 Å². The Kier molecular flexibility index (Phi) is 8.87. The molecule has 0 aliphatic carbocycles. The van der Waals surface area contributed by atoms with Crippen molar-refractivity contribution in [3.05, 3.63) is 223 Å². The molecule has 0 saturated carbocycles. The van der Waals surface area contributed by atoms with Crippen molar-refractivity contribution in [3.63, 3.8) is 0 Å². The molecule has 3 aromatic heterocycles. The molecule has 12 rings (SSSR count). The van der Waals surface area contributed by atoms with Crippen molar-refractivity contribution in [3.8, 4) is 67.8 Å². The van der Waals surface area contributed by atoms with Gasteiger partial charge in [-0.3, -0.25) is 0 Å². The van der Waals surface area contributed by atoms with Crippen LogP contribution in [0.4, 0.5) is 0 Å². The maximum absolute atomic E-state index is 5.20. The van der Waals surface area contributed by atoms with Crippen molar-refractivity contribution in [2.24, 2.45) is 0 Å². The van der Waals surface area contributed by atoms with Crippen LogP contribution in [-0.2, 0) is 0 Å². The Balaban J connectivity index is 1.05. The maximum Gasteiger partial charge on any atom is 0.164 e. The fourth-order valence-corrected chi connectivity index (χ4v) is 9.63. The highest BCUT2D eigenvalue weighted by molar-refractivity contribution is 6.10. The van der Waals surface area contributed by atoms with Crippen molar-refractivity contribution in [2.75, 3.05) is 0 Å². The number of rotatable bonds is 7. The van der Waals surface area contributed by atoms with Gasteiger partial charge in [0.05, 0.1) is 22.1 Å². The van der Waals surface area contributed by atoms with E-state index in [4.69, 9.17) is 15.0 Å². The number of aromatic nitrogens is 5. The SMILES string of the molecule is Cc1cc(-n2c3ccccc3c3ccccc32)ccc1-c1cc(-c2nc(-c3ccccc3)nc(-c3ccccc3)n2)cc(-c2ccc(-n3c4ccccc4c4ccccc43)cc2C)c1. The average Bonchev–Trinajstić information content (AvgIpc) is 3.87. The minimum absolute atomic E-state index is 0.620. The molecule has 5 heteroatoms. The van der Waals surface area contributed by atoms with E-state index >= 15 is 0 Å². The third kappa shape index (κ3) is 6.28. The van der Waals surface area contributed by atoms with E-state index in [1.807, 2.05) is 36.4 Å². The van der Waals surface area contributed by atoms with Crippen molar-refractivity contribution in [2.45, 2.75) is 13.8 Å². The quantitative estimate of drug-likeness (QED) is 0.161. The van der Waals surface area contributed by atoms with Gasteiger partial charge >= 0.3 is 0 Å². The molecule has 0 saturated heterocycles. The first-order valence-corrected chi connectivity index (χ1v) is 21.8. The van der Waals surface area contributed by atoms with Crippen molar-refractivity contribution in [1.29, 1.82) is 0 Å². The first kappa shape index (κ1) is 37.4. The van der Waals surface area contributed by atoms with Crippen LogP contribution in [-0.4, -0.2) is 24.1 Å². The number of hydrogen-bond acceptors (Lipinski definition) is 3. The fraction of sp³-hybridized carbons (Fsp3) is 0.0339. The van der Waals surface area contributed by atoms with Crippen LogP contribution in [0, 0.1) is 13.8 Å². The van der Waals surface area contributed by atoms with Gasteiger partial charge in [0, 0.05) is 49.6 Å². The van der Waals surface area contributed by atoms with E-state index in [-0.39, 0.29) is 0 Å². The molecule has 0 bridgehead atoms. The molecule has 0 amide bonds. The Morgan fingerprint density at radius 3 is 0.953 bits per heavy atom. The number of nitrogens with zero attached hydrogens (tertiary/aromatic N) is 5. The number of benzene rings is 9. The fourth-order valence-electron chi connectivity index (χ4n) is 9.63. The second-order valence-electron chi connectivity index (χ2n) is 16.6. The summed E-state index contributed by atoms with van der Waals surface area (Å²) in [5.41, 5.74) is 16.6. The predicted octanol–water partition coefficient (Wildman–Crippen LogP) is 15.0. The van der Waals surface area contributed by atoms with Gasteiger partial charge in [0.15, 0.2) is 17.5 Å². The lowest BCUT2D eigenvalue weighted by atomic mass is 9.91. The van der Waals surface area contributed by atoms with Crippen LogP contribution in [0.2, 0.25) is 0 Å². The summed E-state index contributed by atoms with van der Waals surface area (Å²) in [5, 5.41) is 5.00. The highest BCUT2D eigenvalue weighted by atomic mass is 15.0. The molecule has 0 atom stereocenters. The highest BCUT2D eigenvalue weighted by Crippen LogP contribution is 2.39. The van der Waals surface area contributed by atoms with E-state index in [2.05, 4.69) is 199 Å². The summed E-state index contributed by atoms with van der Waals surface area (Å²) < 4.78 is 4.76. The van der Waals surface area contributed by atoms with Gasteiger partial charge < -0.3 is 9.13 Å². The molecule has 5 nitrogen and oxygen atoms in total. The van der Waals surface area contributed by atoms with Gasteiger partial charge in [0.1, 0.15) is 0 Å². The normalized spacial score (nSPS) is 11.6. The van der Waals surface area contributed by atoms with Crippen LogP contribution in [0.15, 0.2) is 212 Å². The molecule has 9 aromatic carbocycles. The minimum Gasteiger partial charge on any atom is -0.309 e. The standard InChI is InChI=1S/C59H41N5/c1-38-33-45(63-53-25-13-9-21-49(53)50-22-10-14-26-54(50)63)29-31-47(38)42-35-43(48-32-30-46(34-39(48)2)64-55-27-15-11-23-51(55)52-24-12-16-28-56(52)64)37-44(36-42)59-61-57(40-17-5-3-6-18-40)60-58(62-59)41-19-7-4-8-20-41/h3-37H,1-2H3. The maximum atomic E-state index is 5.20. The average molecular weight is 820 g/mol. The molecule has 0 N–H and O–H groups in total. The number of fused-ring (bicyclic) bond motifs is 6. The number of aryl methyl sites for hydroxylation is 2. The zero-order chi connectivity index (χ0) is 42.7. The molecule has 3 heterocycles. The summed E-state index contributed by atoms with van der Waals surface area (Å²) in [6, 6.07) is 75.5. The third-order valence-corrected chi connectivity index (χ3v) is 12.6. The zero-order valence-electron chi connectivity index (χ0n) is 35.4. The second-order valence-corrected chi connectivity index (χ2v) is 16.6. The van der Waals surface area contributed by atoms with Crippen LogP contribution >= 0.6 is 0 Å². The molecular formula is C59H41N5. The molecule has 0 aliphatic heterocycles. The molecule has 0 radical (unpaired) electrons. The van der Waals surface area contributed by atoms with E-state index in [9.17, 15) is 0 Å². The number of para-hydroxylation sites is 4. The molecule has 0 spiro atoms. The Morgan fingerprint density at radius 2 is 0.594 bits per heavy atom. The monoisotopic (exact) mass is 819 g/mol. The summed E-state index contributed by atoms with van der Waals surface area (Å²) in [6.45, 7) is 4.43. The number of hydrogen-bond donors (Lipinski definition) is 0. The predicted molar refractivity (Wildman–Crippen MR) is 265 cm³/mol. The molecule has 0 aliphatic rings. The smallest absolute Gasteiger partial charge is 0.164 e. The third-order valence-electron chi connectivity index (χ3n) is 12.6. The Labute approximate surface area is 371 Å². The van der Waals surface area contributed by atoms with Gasteiger partial charge in [-0.1, -0.05) is 146 Å². The Bertz CT molecular complexity index is 3400. The molecule has 64 heavy (non-hydrogen) atoms. The van der Waals surface area contributed by atoms with E-state index < -0.39 is 0 Å². The minimum atomic E-state index is 0.620. The van der Waals surface area contributed by atoms with Crippen molar-refractivity contribution >= 4 is 43.6 Å².